The summed E-state index contributed by atoms with van der Waals surface area (Å²) < 4.78 is 5.14. The smallest absolute Gasteiger partial charge is 0.222 e. The minimum absolute atomic E-state index is 0.116. The van der Waals surface area contributed by atoms with Crippen LogP contribution < -0.4 is 15.4 Å². The van der Waals surface area contributed by atoms with Gasteiger partial charge in [-0.1, -0.05) is 42.0 Å². The van der Waals surface area contributed by atoms with E-state index < -0.39 is 0 Å². The first-order valence-electron chi connectivity index (χ1n) is 8.21. The van der Waals surface area contributed by atoms with Gasteiger partial charge in [-0.05, 0) is 30.2 Å². The molecule has 5 nitrogen and oxygen atoms in total. The average molecular weight is 340 g/mol. The summed E-state index contributed by atoms with van der Waals surface area (Å²) in [7, 11) is 1.60. The van der Waals surface area contributed by atoms with Gasteiger partial charge in [-0.15, -0.1) is 0 Å². The van der Waals surface area contributed by atoms with Crippen LogP contribution in [0.2, 0.25) is 0 Å². The molecule has 2 aromatic carbocycles. The second-order valence-corrected chi connectivity index (χ2v) is 5.99. The van der Waals surface area contributed by atoms with Crippen LogP contribution in [-0.4, -0.2) is 18.9 Å². The van der Waals surface area contributed by atoms with Crippen LogP contribution in [-0.2, 0) is 16.1 Å². The average Bonchev–Trinajstić information content (AvgIpc) is 2.60. The van der Waals surface area contributed by atoms with Gasteiger partial charge in [-0.25, -0.2) is 0 Å². The highest BCUT2D eigenvalue weighted by Gasteiger charge is 2.17. The van der Waals surface area contributed by atoms with Crippen molar-refractivity contribution < 1.29 is 14.3 Å². The number of amides is 2. The Labute approximate surface area is 148 Å². The van der Waals surface area contributed by atoms with Crippen molar-refractivity contribution >= 4 is 11.8 Å². The van der Waals surface area contributed by atoms with Crippen molar-refractivity contribution in [3.63, 3.8) is 0 Å². The quantitative estimate of drug-likeness (QED) is 0.814. The first kappa shape index (κ1) is 18.5. The van der Waals surface area contributed by atoms with Crippen LogP contribution in [0.3, 0.4) is 0 Å². The number of nitrogens with one attached hydrogen (secondary N) is 2. The van der Waals surface area contributed by atoms with Gasteiger partial charge < -0.3 is 15.4 Å². The van der Waals surface area contributed by atoms with E-state index in [9.17, 15) is 9.59 Å². The third kappa shape index (κ3) is 5.95. The molecule has 25 heavy (non-hydrogen) atoms. The number of ether oxygens (including phenoxy) is 1. The van der Waals surface area contributed by atoms with Gasteiger partial charge in [0.25, 0.3) is 0 Å². The van der Waals surface area contributed by atoms with Crippen LogP contribution >= 0.6 is 0 Å². The highest BCUT2D eigenvalue weighted by molar-refractivity contribution is 5.79. The predicted molar refractivity (Wildman–Crippen MR) is 97.2 cm³/mol. The van der Waals surface area contributed by atoms with Gasteiger partial charge in [0, 0.05) is 13.5 Å². The lowest BCUT2D eigenvalue weighted by Gasteiger charge is -2.18. The van der Waals surface area contributed by atoms with E-state index in [0.29, 0.717) is 6.54 Å². The Morgan fingerprint density at radius 2 is 1.68 bits per heavy atom. The molecule has 0 radical (unpaired) electrons. The molecule has 0 aromatic heterocycles. The number of methoxy groups -OCH3 is 1. The zero-order valence-electron chi connectivity index (χ0n) is 14.8. The molecule has 2 N–H and O–H groups in total. The maximum absolute atomic E-state index is 12.3. The lowest BCUT2D eigenvalue weighted by atomic mass is 10.0. The molecular formula is C20H24N2O3. The molecule has 132 valence electrons. The summed E-state index contributed by atoms with van der Waals surface area (Å²) in [6, 6.07) is 15.0. The Kier molecular flexibility index (Phi) is 6.57. The maximum atomic E-state index is 12.3. The fraction of sp³-hybridized carbons (Fsp3) is 0.300. The molecule has 0 aliphatic heterocycles. The third-order valence-corrected chi connectivity index (χ3v) is 3.90. The van der Waals surface area contributed by atoms with Crippen molar-refractivity contribution in [1.82, 2.24) is 10.6 Å². The minimum atomic E-state index is -0.374. The highest BCUT2D eigenvalue weighted by Crippen LogP contribution is 2.20. The van der Waals surface area contributed by atoms with E-state index in [-0.39, 0.29) is 24.3 Å². The van der Waals surface area contributed by atoms with Gasteiger partial charge in [0.1, 0.15) is 5.75 Å². The third-order valence-electron chi connectivity index (χ3n) is 3.90. The van der Waals surface area contributed by atoms with Crippen LogP contribution in [0, 0.1) is 6.92 Å². The molecule has 0 saturated heterocycles. The number of hydrogen-bond acceptors (Lipinski definition) is 3. The molecule has 0 spiro atoms. The van der Waals surface area contributed by atoms with Crippen LogP contribution in [0.1, 0.15) is 36.1 Å². The van der Waals surface area contributed by atoms with E-state index in [1.165, 1.54) is 12.5 Å². The van der Waals surface area contributed by atoms with E-state index in [4.69, 9.17) is 4.74 Å². The summed E-state index contributed by atoms with van der Waals surface area (Å²) >= 11 is 0. The van der Waals surface area contributed by atoms with Crippen LogP contribution in [0.5, 0.6) is 5.75 Å². The molecule has 2 rings (SSSR count). The number of aryl methyl sites for hydroxylation is 1. The van der Waals surface area contributed by atoms with E-state index >= 15 is 0 Å². The molecule has 0 fully saturated rings. The second-order valence-electron chi connectivity index (χ2n) is 5.99. The van der Waals surface area contributed by atoms with Crippen LogP contribution in [0.25, 0.3) is 0 Å². The van der Waals surface area contributed by atoms with E-state index in [1.807, 2.05) is 55.5 Å². The van der Waals surface area contributed by atoms with Gasteiger partial charge in [-0.2, -0.15) is 0 Å². The lowest BCUT2D eigenvalue weighted by Crippen LogP contribution is -2.32. The second kappa shape index (κ2) is 8.87. The topological polar surface area (TPSA) is 67.4 Å². The van der Waals surface area contributed by atoms with Crippen molar-refractivity contribution in [3.05, 3.63) is 65.2 Å². The summed E-state index contributed by atoms with van der Waals surface area (Å²) in [5.74, 6) is 0.441. The lowest BCUT2D eigenvalue weighted by molar-refractivity contribution is -0.122. The van der Waals surface area contributed by atoms with E-state index in [2.05, 4.69) is 10.6 Å². The van der Waals surface area contributed by atoms with E-state index in [1.54, 1.807) is 7.11 Å². The summed E-state index contributed by atoms with van der Waals surface area (Å²) in [4.78, 5) is 23.8. The molecule has 0 bridgehead atoms. The Morgan fingerprint density at radius 3 is 2.24 bits per heavy atom. The van der Waals surface area contributed by atoms with Crippen molar-refractivity contribution in [3.8, 4) is 5.75 Å². The van der Waals surface area contributed by atoms with Crippen LogP contribution in [0.15, 0.2) is 48.5 Å². The van der Waals surface area contributed by atoms with Crippen molar-refractivity contribution in [2.75, 3.05) is 7.11 Å². The Hall–Kier alpha value is -2.82. The minimum Gasteiger partial charge on any atom is -0.497 e. The van der Waals surface area contributed by atoms with Gasteiger partial charge >= 0.3 is 0 Å². The molecule has 2 amide bonds. The first-order valence-corrected chi connectivity index (χ1v) is 8.21. The Morgan fingerprint density at radius 1 is 1.04 bits per heavy atom. The highest BCUT2D eigenvalue weighted by atomic mass is 16.5. The molecule has 0 aliphatic rings. The largest absolute Gasteiger partial charge is 0.497 e. The van der Waals surface area contributed by atoms with E-state index in [0.717, 1.165) is 16.9 Å². The number of benzene rings is 2. The summed E-state index contributed by atoms with van der Waals surface area (Å²) in [5.41, 5.74) is 3.08. The number of carbonyl (C=O) groups is 2. The normalized spacial score (nSPS) is 11.5. The molecule has 2 aromatic rings. The molecule has 1 unspecified atom stereocenters. The molecule has 0 heterocycles. The standard InChI is InChI=1S/C20H24N2O3/c1-14-4-6-16(7-5-14)13-21-20(24)12-19(22-15(2)23)17-8-10-18(25-3)11-9-17/h4-11,19H,12-13H2,1-3H3,(H,21,24)(H,22,23). The van der Waals surface area contributed by atoms with Crippen molar-refractivity contribution in [2.24, 2.45) is 0 Å². The number of hydrogen-bond donors (Lipinski definition) is 2. The fourth-order valence-corrected chi connectivity index (χ4v) is 2.50. The van der Waals surface area contributed by atoms with Crippen molar-refractivity contribution in [2.45, 2.75) is 32.9 Å². The maximum Gasteiger partial charge on any atom is 0.222 e. The number of carbonyl (C=O) groups excluding carboxylic acids is 2. The zero-order chi connectivity index (χ0) is 18.2. The van der Waals surface area contributed by atoms with Crippen molar-refractivity contribution in [1.29, 1.82) is 0 Å². The molecule has 5 heteroatoms. The number of rotatable bonds is 7. The molecule has 0 aliphatic carbocycles. The Bertz CT molecular complexity index is 709. The molecule has 0 saturated carbocycles. The first-order chi connectivity index (χ1) is 12.0. The summed E-state index contributed by atoms with van der Waals surface area (Å²) in [6.45, 7) is 3.94. The monoisotopic (exact) mass is 340 g/mol. The Balaban J connectivity index is 1.98. The van der Waals surface area contributed by atoms with Gasteiger partial charge in [0.15, 0.2) is 0 Å². The predicted octanol–water partition coefficient (Wildman–Crippen LogP) is 2.89. The summed E-state index contributed by atoms with van der Waals surface area (Å²) in [6.07, 6.45) is 0.178. The van der Waals surface area contributed by atoms with Gasteiger partial charge in [0.05, 0.1) is 19.6 Å². The molecular weight excluding hydrogens is 316 g/mol. The van der Waals surface area contributed by atoms with Crippen LogP contribution in [0.4, 0.5) is 0 Å². The SMILES string of the molecule is COc1ccc(C(CC(=O)NCc2ccc(C)cc2)NC(C)=O)cc1. The summed E-state index contributed by atoms with van der Waals surface area (Å²) in [5, 5.41) is 5.73. The molecule has 1 atom stereocenters. The van der Waals surface area contributed by atoms with Gasteiger partial charge in [0.2, 0.25) is 11.8 Å². The van der Waals surface area contributed by atoms with Gasteiger partial charge in [-0.3, -0.25) is 9.59 Å². The fourth-order valence-electron chi connectivity index (χ4n) is 2.50. The zero-order valence-corrected chi connectivity index (χ0v) is 14.8.